The first-order valence-corrected chi connectivity index (χ1v) is 8.68. The van der Waals surface area contributed by atoms with Crippen molar-refractivity contribution < 1.29 is 9.53 Å². The van der Waals surface area contributed by atoms with Crippen LogP contribution in [0.2, 0.25) is 0 Å². The topological polar surface area (TPSA) is 83.0 Å². The van der Waals surface area contributed by atoms with Crippen molar-refractivity contribution in [3.05, 3.63) is 60.2 Å². The molecule has 0 fully saturated rings. The minimum absolute atomic E-state index is 0.162. The van der Waals surface area contributed by atoms with E-state index in [-0.39, 0.29) is 11.7 Å². The van der Waals surface area contributed by atoms with E-state index in [2.05, 4.69) is 10.2 Å². The van der Waals surface area contributed by atoms with Gasteiger partial charge in [0.05, 0.1) is 19.4 Å². The van der Waals surface area contributed by atoms with Gasteiger partial charge in [-0.25, -0.2) is 0 Å². The van der Waals surface area contributed by atoms with Crippen LogP contribution in [0.4, 0.5) is 0 Å². The number of nitrogens with two attached hydrogens (primary N) is 1. The molecule has 0 atom stereocenters. The molecule has 0 saturated carbocycles. The van der Waals surface area contributed by atoms with Crippen LogP contribution in [-0.4, -0.2) is 33.5 Å². The number of ether oxygens (including phenoxy) is 1. The van der Waals surface area contributed by atoms with E-state index in [1.807, 2.05) is 59.2 Å². The van der Waals surface area contributed by atoms with Crippen molar-refractivity contribution in [2.24, 2.45) is 5.73 Å². The fourth-order valence-corrected chi connectivity index (χ4v) is 3.07. The summed E-state index contributed by atoms with van der Waals surface area (Å²) in [4.78, 5) is 11.1. The molecule has 3 rings (SSSR count). The van der Waals surface area contributed by atoms with Crippen molar-refractivity contribution in [2.45, 2.75) is 11.7 Å². The monoisotopic (exact) mass is 354 g/mol. The van der Waals surface area contributed by atoms with Gasteiger partial charge >= 0.3 is 0 Å². The number of primary amides is 1. The molecule has 1 heterocycles. The molecular weight excluding hydrogens is 336 g/mol. The molecule has 0 spiro atoms. The summed E-state index contributed by atoms with van der Waals surface area (Å²) in [5.41, 5.74) is 7.31. The Labute approximate surface area is 150 Å². The molecule has 2 N–H and O–H groups in total. The highest BCUT2D eigenvalue weighted by molar-refractivity contribution is 7.99. The zero-order valence-corrected chi connectivity index (χ0v) is 14.6. The summed E-state index contributed by atoms with van der Waals surface area (Å²) in [6, 6.07) is 17.7. The Morgan fingerprint density at radius 3 is 2.48 bits per heavy atom. The number of amides is 1. The summed E-state index contributed by atoms with van der Waals surface area (Å²) in [5, 5.41) is 9.22. The lowest BCUT2D eigenvalue weighted by molar-refractivity contribution is -0.115. The Morgan fingerprint density at radius 2 is 1.84 bits per heavy atom. The van der Waals surface area contributed by atoms with Crippen LogP contribution in [0, 0.1) is 0 Å². The van der Waals surface area contributed by atoms with E-state index >= 15 is 0 Å². The lowest BCUT2D eigenvalue weighted by Crippen LogP contribution is -2.14. The van der Waals surface area contributed by atoms with E-state index in [4.69, 9.17) is 10.5 Å². The van der Waals surface area contributed by atoms with Gasteiger partial charge in [-0.15, -0.1) is 10.2 Å². The standard InChI is InChI=1S/C18H18N4O2S/c1-24-15-9-7-14(8-10-15)17-20-21-18(25-12-16(19)23)22(17)11-13-5-3-2-4-6-13/h2-10H,11-12H2,1H3,(H2,19,23). The maximum Gasteiger partial charge on any atom is 0.227 e. The van der Waals surface area contributed by atoms with Crippen LogP contribution in [0.1, 0.15) is 5.56 Å². The van der Waals surface area contributed by atoms with Gasteiger partial charge in [0, 0.05) is 5.56 Å². The summed E-state index contributed by atoms with van der Waals surface area (Å²) in [7, 11) is 1.63. The van der Waals surface area contributed by atoms with Crippen LogP contribution in [0.5, 0.6) is 5.75 Å². The number of hydrogen-bond acceptors (Lipinski definition) is 5. The average Bonchev–Trinajstić information content (AvgIpc) is 3.03. The van der Waals surface area contributed by atoms with Crippen LogP contribution in [0.3, 0.4) is 0 Å². The minimum Gasteiger partial charge on any atom is -0.497 e. The SMILES string of the molecule is COc1ccc(-c2nnc(SCC(N)=O)n2Cc2ccccc2)cc1. The van der Waals surface area contributed by atoms with Crippen molar-refractivity contribution >= 4 is 17.7 Å². The van der Waals surface area contributed by atoms with Gasteiger partial charge < -0.3 is 10.5 Å². The van der Waals surface area contributed by atoms with Gasteiger partial charge in [-0.1, -0.05) is 42.1 Å². The molecule has 0 saturated heterocycles. The molecule has 0 aliphatic carbocycles. The third kappa shape index (κ3) is 4.19. The highest BCUT2D eigenvalue weighted by Gasteiger charge is 2.15. The van der Waals surface area contributed by atoms with Crippen molar-refractivity contribution in [3.63, 3.8) is 0 Å². The van der Waals surface area contributed by atoms with E-state index in [9.17, 15) is 4.79 Å². The van der Waals surface area contributed by atoms with Crippen molar-refractivity contribution in [3.8, 4) is 17.1 Å². The molecule has 0 aliphatic rings. The van der Waals surface area contributed by atoms with Crippen molar-refractivity contribution in [1.82, 2.24) is 14.8 Å². The normalized spacial score (nSPS) is 10.6. The summed E-state index contributed by atoms with van der Waals surface area (Å²) in [5.74, 6) is 1.29. The lowest BCUT2D eigenvalue weighted by atomic mass is 10.2. The van der Waals surface area contributed by atoms with E-state index < -0.39 is 0 Å². The van der Waals surface area contributed by atoms with Gasteiger partial charge in [0.1, 0.15) is 5.75 Å². The highest BCUT2D eigenvalue weighted by Crippen LogP contribution is 2.26. The number of hydrogen-bond donors (Lipinski definition) is 1. The van der Waals surface area contributed by atoms with E-state index in [0.29, 0.717) is 11.7 Å². The second-order valence-electron chi connectivity index (χ2n) is 5.36. The smallest absolute Gasteiger partial charge is 0.227 e. The Hall–Kier alpha value is -2.80. The molecule has 1 amide bonds. The fraction of sp³-hybridized carbons (Fsp3) is 0.167. The first kappa shape index (κ1) is 17.0. The predicted molar refractivity (Wildman–Crippen MR) is 97.5 cm³/mol. The third-order valence-corrected chi connectivity index (χ3v) is 4.58. The van der Waals surface area contributed by atoms with Gasteiger partial charge in [0.25, 0.3) is 0 Å². The third-order valence-electron chi connectivity index (χ3n) is 3.59. The molecule has 6 nitrogen and oxygen atoms in total. The molecule has 25 heavy (non-hydrogen) atoms. The number of methoxy groups -OCH3 is 1. The molecule has 0 unspecified atom stereocenters. The molecule has 1 aromatic heterocycles. The molecule has 128 valence electrons. The van der Waals surface area contributed by atoms with Gasteiger partial charge in [-0.3, -0.25) is 9.36 Å². The zero-order chi connectivity index (χ0) is 17.6. The first-order chi connectivity index (χ1) is 12.2. The number of carbonyl (C=O) groups excluding carboxylic acids is 1. The number of rotatable bonds is 7. The number of carbonyl (C=O) groups is 1. The van der Waals surface area contributed by atoms with E-state index in [0.717, 1.165) is 22.7 Å². The Kier molecular flexibility index (Phi) is 5.35. The number of aromatic nitrogens is 3. The highest BCUT2D eigenvalue weighted by atomic mass is 32.2. The number of nitrogens with zero attached hydrogens (tertiary/aromatic N) is 3. The van der Waals surface area contributed by atoms with Crippen molar-refractivity contribution in [1.29, 1.82) is 0 Å². The number of thioether (sulfide) groups is 1. The molecule has 0 radical (unpaired) electrons. The fourth-order valence-electron chi connectivity index (χ4n) is 2.39. The summed E-state index contributed by atoms with van der Waals surface area (Å²) < 4.78 is 7.19. The van der Waals surface area contributed by atoms with Crippen molar-refractivity contribution in [2.75, 3.05) is 12.9 Å². The van der Waals surface area contributed by atoms with Gasteiger partial charge in [-0.2, -0.15) is 0 Å². The minimum atomic E-state index is -0.384. The summed E-state index contributed by atoms with van der Waals surface area (Å²) >= 11 is 1.29. The lowest BCUT2D eigenvalue weighted by Gasteiger charge is -2.10. The Morgan fingerprint density at radius 1 is 1.12 bits per heavy atom. The quantitative estimate of drug-likeness (QED) is 0.659. The maximum absolute atomic E-state index is 11.1. The van der Waals surface area contributed by atoms with Crippen LogP contribution >= 0.6 is 11.8 Å². The molecule has 7 heteroatoms. The van der Waals surface area contributed by atoms with Gasteiger partial charge in [-0.05, 0) is 29.8 Å². The number of benzene rings is 2. The maximum atomic E-state index is 11.1. The van der Waals surface area contributed by atoms with E-state index in [1.165, 1.54) is 11.8 Å². The molecule has 0 bridgehead atoms. The summed E-state index contributed by atoms with van der Waals surface area (Å²) in [6.45, 7) is 0.607. The second kappa shape index (κ2) is 7.85. The van der Waals surface area contributed by atoms with Gasteiger partial charge in [0.2, 0.25) is 5.91 Å². The summed E-state index contributed by atoms with van der Waals surface area (Å²) in [6.07, 6.45) is 0. The van der Waals surface area contributed by atoms with Gasteiger partial charge in [0.15, 0.2) is 11.0 Å². The van der Waals surface area contributed by atoms with Crippen LogP contribution in [-0.2, 0) is 11.3 Å². The van der Waals surface area contributed by atoms with Crippen LogP contribution in [0.15, 0.2) is 59.8 Å². The molecule has 2 aromatic carbocycles. The molecular formula is C18H18N4O2S. The molecule has 0 aliphatic heterocycles. The van der Waals surface area contributed by atoms with Crippen LogP contribution < -0.4 is 10.5 Å². The predicted octanol–water partition coefficient (Wildman–Crippen LogP) is 2.58. The second-order valence-corrected chi connectivity index (χ2v) is 6.30. The van der Waals surface area contributed by atoms with E-state index in [1.54, 1.807) is 7.11 Å². The largest absolute Gasteiger partial charge is 0.497 e. The molecule has 3 aromatic rings. The zero-order valence-electron chi connectivity index (χ0n) is 13.8. The average molecular weight is 354 g/mol. The Balaban J connectivity index is 1.97. The Bertz CT molecular complexity index is 847. The van der Waals surface area contributed by atoms with Crippen LogP contribution in [0.25, 0.3) is 11.4 Å². The first-order valence-electron chi connectivity index (χ1n) is 7.70.